The normalized spacial score (nSPS) is 36.6. The zero-order valence-electron chi connectivity index (χ0n) is 11.2. The second-order valence-corrected chi connectivity index (χ2v) is 5.60. The van der Waals surface area contributed by atoms with Gasteiger partial charge in [0.05, 0.1) is 12.2 Å². The number of aliphatic hydroxyl groups is 1. The summed E-state index contributed by atoms with van der Waals surface area (Å²) in [5.74, 6) is 2.31. The Kier molecular flexibility index (Phi) is 3.40. The molecule has 2 amide bonds. The molecule has 0 unspecified atom stereocenters. The molecule has 0 spiro atoms. The SMILES string of the molecule is C#CCO[C@@H]1CCN2C(=O)[C@@H]3C[C@@H](O)CN3C(=O)[C@@H]2C1. The largest absolute Gasteiger partial charge is 0.391 e. The Morgan fingerprint density at radius 3 is 2.70 bits per heavy atom. The van der Waals surface area contributed by atoms with Gasteiger partial charge in [-0.05, 0) is 6.42 Å². The lowest BCUT2D eigenvalue weighted by Gasteiger charge is -2.46. The smallest absolute Gasteiger partial charge is 0.246 e. The predicted molar refractivity (Wildman–Crippen MR) is 69.4 cm³/mol. The molecule has 3 aliphatic heterocycles. The van der Waals surface area contributed by atoms with Crippen LogP contribution >= 0.6 is 0 Å². The van der Waals surface area contributed by atoms with Gasteiger partial charge in [0.15, 0.2) is 0 Å². The molecule has 0 saturated carbocycles. The summed E-state index contributed by atoms with van der Waals surface area (Å²) in [6.07, 6.45) is 6.04. The van der Waals surface area contributed by atoms with Gasteiger partial charge in [-0.15, -0.1) is 6.42 Å². The number of fused-ring (bicyclic) bond motifs is 2. The first-order chi connectivity index (χ1) is 9.61. The molecule has 0 bridgehead atoms. The van der Waals surface area contributed by atoms with Crippen LogP contribution in [-0.2, 0) is 14.3 Å². The van der Waals surface area contributed by atoms with Crippen LogP contribution in [0.25, 0.3) is 0 Å². The molecule has 0 aromatic carbocycles. The van der Waals surface area contributed by atoms with Gasteiger partial charge < -0.3 is 19.6 Å². The van der Waals surface area contributed by atoms with E-state index in [1.54, 1.807) is 4.90 Å². The van der Waals surface area contributed by atoms with E-state index in [2.05, 4.69) is 5.92 Å². The number of carbonyl (C=O) groups excluding carboxylic acids is 2. The van der Waals surface area contributed by atoms with Crippen LogP contribution in [0, 0.1) is 12.3 Å². The number of rotatable bonds is 2. The first kappa shape index (κ1) is 13.4. The van der Waals surface area contributed by atoms with E-state index in [4.69, 9.17) is 11.2 Å². The van der Waals surface area contributed by atoms with Crippen molar-refractivity contribution in [3.05, 3.63) is 0 Å². The number of hydrogen-bond acceptors (Lipinski definition) is 4. The number of piperidine rings is 1. The van der Waals surface area contributed by atoms with Crippen LogP contribution < -0.4 is 0 Å². The highest BCUT2D eigenvalue weighted by molar-refractivity contribution is 5.97. The molecule has 4 atom stereocenters. The fourth-order valence-electron chi connectivity index (χ4n) is 3.42. The maximum absolute atomic E-state index is 12.5. The van der Waals surface area contributed by atoms with Crippen molar-refractivity contribution in [2.45, 2.75) is 43.6 Å². The summed E-state index contributed by atoms with van der Waals surface area (Å²) in [7, 11) is 0. The van der Waals surface area contributed by atoms with Crippen LogP contribution in [-0.4, -0.2) is 70.7 Å². The van der Waals surface area contributed by atoms with Gasteiger partial charge in [0.1, 0.15) is 18.7 Å². The van der Waals surface area contributed by atoms with Crippen molar-refractivity contribution >= 4 is 11.8 Å². The summed E-state index contributed by atoms with van der Waals surface area (Å²) >= 11 is 0. The first-order valence-corrected chi connectivity index (χ1v) is 6.96. The summed E-state index contributed by atoms with van der Waals surface area (Å²) in [4.78, 5) is 28.1. The molecule has 1 N–H and O–H groups in total. The Morgan fingerprint density at radius 1 is 1.25 bits per heavy atom. The number of aliphatic hydroxyl groups excluding tert-OH is 1. The minimum absolute atomic E-state index is 0.0402. The van der Waals surface area contributed by atoms with Gasteiger partial charge in [-0.25, -0.2) is 0 Å². The summed E-state index contributed by atoms with van der Waals surface area (Å²) in [5, 5.41) is 9.69. The molecule has 108 valence electrons. The van der Waals surface area contributed by atoms with E-state index >= 15 is 0 Å². The Balaban J connectivity index is 1.75. The molecule has 3 fully saturated rings. The van der Waals surface area contributed by atoms with Crippen molar-refractivity contribution in [1.29, 1.82) is 0 Å². The Labute approximate surface area is 117 Å². The fourth-order valence-corrected chi connectivity index (χ4v) is 3.42. The molecule has 6 nitrogen and oxygen atoms in total. The highest BCUT2D eigenvalue weighted by Gasteiger charge is 2.51. The number of nitrogens with zero attached hydrogens (tertiary/aromatic N) is 2. The van der Waals surface area contributed by atoms with Gasteiger partial charge in [0.25, 0.3) is 0 Å². The van der Waals surface area contributed by atoms with Gasteiger partial charge in [0, 0.05) is 25.9 Å². The third-order valence-electron chi connectivity index (χ3n) is 4.37. The van der Waals surface area contributed by atoms with Crippen LogP contribution in [0.15, 0.2) is 0 Å². The minimum atomic E-state index is -0.595. The van der Waals surface area contributed by atoms with E-state index in [9.17, 15) is 14.7 Å². The number of amides is 2. The standard InChI is InChI=1S/C14H18N2O4/c1-2-5-20-10-3-4-15-12(7-10)14(19)16-8-9(17)6-11(16)13(15)18/h1,9-12,17H,3-8H2/t9-,10-,11+,12+/m1/s1. The molecule has 3 heterocycles. The van der Waals surface area contributed by atoms with Gasteiger partial charge in [-0.2, -0.15) is 0 Å². The lowest BCUT2D eigenvalue weighted by atomic mass is 9.94. The molecule has 3 rings (SSSR count). The molecule has 20 heavy (non-hydrogen) atoms. The summed E-state index contributed by atoms with van der Waals surface area (Å²) in [6, 6.07) is -0.933. The fraction of sp³-hybridized carbons (Fsp3) is 0.714. The topological polar surface area (TPSA) is 70.1 Å². The Morgan fingerprint density at radius 2 is 1.95 bits per heavy atom. The van der Waals surface area contributed by atoms with E-state index in [1.807, 2.05) is 0 Å². The van der Waals surface area contributed by atoms with Crippen molar-refractivity contribution in [2.75, 3.05) is 19.7 Å². The molecular weight excluding hydrogens is 260 g/mol. The highest BCUT2D eigenvalue weighted by atomic mass is 16.5. The van der Waals surface area contributed by atoms with E-state index < -0.39 is 18.2 Å². The maximum atomic E-state index is 12.5. The summed E-state index contributed by atoms with van der Waals surface area (Å²) in [5.41, 5.74) is 0. The molecular formula is C14H18N2O4. The lowest BCUT2D eigenvalue weighted by Crippen LogP contribution is -2.65. The van der Waals surface area contributed by atoms with Crippen molar-refractivity contribution in [3.63, 3.8) is 0 Å². The van der Waals surface area contributed by atoms with Crippen LogP contribution in [0.2, 0.25) is 0 Å². The number of hydrogen-bond donors (Lipinski definition) is 1. The summed E-state index contributed by atoms with van der Waals surface area (Å²) in [6.45, 7) is 1.00. The van der Waals surface area contributed by atoms with Gasteiger partial charge in [-0.3, -0.25) is 9.59 Å². The maximum Gasteiger partial charge on any atom is 0.246 e. The van der Waals surface area contributed by atoms with Gasteiger partial charge in [0.2, 0.25) is 11.8 Å². The number of piperazine rings is 1. The molecule has 6 heteroatoms. The molecule has 0 aromatic heterocycles. The molecule has 0 aliphatic carbocycles. The van der Waals surface area contributed by atoms with Crippen LogP contribution in [0.4, 0.5) is 0 Å². The van der Waals surface area contributed by atoms with E-state index in [1.165, 1.54) is 4.90 Å². The van der Waals surface area contributed by atoms with Crippen molar-refractivity contribution in [1.82, 2.24) is 9.80 Å². The second kappa shape index (κ2) is 5.08. The number of terminal acetylenes is 1. The van der Waals surface area contributed by atoms with Crippen LogP contribution in [0.3, 0.4) is 0 Å². The van der Waals surface area contributed by atoms with Crippen LogP contribution in [0.5, 0.6) is 0 Å². The van der Waals surface area contributed by atoms with E-state index in [0.717, 1.165) is 0 Å². The molecule has 0 radical (unpaired) electrons. The van der Waals surface area contributed by atoms with Crippen molar-refractivity contribution in [3.8, 4) is 12.3 Å². The summed E-state index contributed by atoms with van der Waals surface area (Å²) < 4.78 is 5.50. The average molecular weight is 278 g/mol. The van der Waals surface area contributed by atoms with Gasteiger partial charge >= 0.3 is 0 Å². The minimum Gasteiger partial charge on any atom is -0.391 e. The lowest BCUT2D eigenvalue weighted by molar-refractivity contribution is -0.164. The zero-order valence-corrected chi connectivity index (χ0v) is 11.2. The third-order valence-corrected chi connectivity index (χ3v) is 4.37. The zero-order chi connectivity index (χ0) is 14.3. The number of ether oxygens (including phenoxy) is 1. The van der Waals surface area contributed by atoms with E-state index in [0.29, 0.717) is 25.8 Å². The van der Waals surface area contributed by atoms with Crippen molar-refractivity contribution < 1.29 is 19.4 Å². The molecule has 3 aliphatic rings. The Bertz CT molecular complexity index is 472. The second-order valence-electron chi connectivity index (χ2n) is 5.60. The van der Waals surface area contributed by atoms with E-state index in [-0.39, 0.29) is 31.1 Å². The van der Waals surface area contributed by atoms with Gasteiger partial charge in [-0.1, -0.05) is 5.92 Å². The Hall–Kier alpha value is -1.58. The molecule has 0 aromatic rings. The van der Waals surface area contributed by atoms with Crippen molar-refractivity contribution in [2.24, 2.45) is 0 Å². The average Bonchev–Trinajstić information content (AvgIpc) is 2.84. The highest BCUT2D eigenvalue weighted by Crippen LogP contribution is 2.32. The van der Waals surface area contributed by atoms with Crippen LogP contribution in [0.1, 0.15) is 19.3 Å². The predicted octanol–water partition coefficient (Wildman–Crippen LogP) is -1.03. The quantitative estimate of drug-likeness (QED) is 0.656. The third kappa shape index (κ3) is 2.07. The monoisotopic (exact) mass is 278 g/mol. The first-order valence-electron chi connectivity index (χ1n) is 6.96. The number of carbonyl (C=O) groups is 2. The molecule has 3 saturated heterocycles.